The Kier molecular flexibility index (Phi) is 6.14. The van der Waals surface area contributed by atoms with Crippen molar-refractivity contribution in [3.05, 3.63) is 133 Å². The molecule has 4 heteroatoms. The minimum absolute atomic E-state index is 0.0846. The number of para-hydroxylation sites is 1. The zero-order valence-electron chi connectivity index (χ0n) is 21.5. The highest BCUT2D eigenvalue weighted by atomic mass is 16.5. The highest BCUT2D eigenvalue weighted by molar-refractivity contribution is 6.00. The Morgan fingerprint density at radius 3 is 2.29 bits per heavy atom. The molecule has 0 atom stereocenters. The monoisotopic (exact) mass is 496 g/mol. The lowest BCUT2D eigenvalue weighted by Gasteiger charge is -2.15. The van der Waals surface area contributed by atoms with Crippen LogP contribution in [0.1, 0.15) is 16.1 Å². The normalized spacial score (nSPS) is 11.1. The van der Waals surface area contributed by atoms with E-state index in [2.05, 4.69) is 96.4 Å². The van der Waals surface area contributed by atoms with E-state index < -0.39 is 0 Å². The molecule has 184 valence electrons. The number of benzene rings is 4. The summed E-state index contributed by atoms with van der Waals surface area (Å²) in [6.45, 7) is 2.22. The van der Waals surface area contributed by atoms with E-state index in [4.69, 9.17) is 4.74 Å². The van der Waals surface area contributed by atoms with Gasteiger partial charge < -0.3 is 4.74 Å². The van der Waals surface area contributed by atoms with Crippen LogP contribution in [0.5, 0.6) is 0 Å². The van der Waals surface area contributed by atoms with Crippen LogP contribution in [-0.4, -0.2) is 5.97 Å². The molecular formula is C34H28N2O2+2. The third-order valence-corrected chi connectivity index (χ3v) is 7.12. The summed E-state index contributed by atoms with van der Waals surface area (Å²) in [6.07, 6.45) is 1.85. The van der Waals surface area contributed by atoms with Gasteiger partial charge in [0.2, 0.25) is 11.2 Å². The second kappa shape index (κ2) is 9.91. The van der Waals surface area contributed by atoms with E-state index >= 15 is 0 Å². The predicted molar refractivity (Wildman–Crippen MR) is 150 cm³/mol. The van der Waals surface area contributed by atoms with Crippen molar-refractivity contribution in [2.45, 2.75) is 13.7 Å². The average molecular weight is 497 g/mol. The maximum Gasteiger partial charge on any atom is 0.408 e. The molecule has 0 aliphatic rings. The van der Waals surface area contributed by atoms with E-state index in [0.717, 1.165) is 44.2 Å². The molecular weight excluding hydrogens is 468 g/mol. The Morgan fingerprint density at radius 1 is 0.763 bits per heavy atom. The van der Waals surface area contributed by atoms with Gasteiger partial charge in [-0.15, -0.1) is 0 Å². The van der Waals surface area contributed by atoms with Crippen molar-refractivity contribution >= 4 is 27.6 Å². The summed E-state index contributed by atoms with van der Waals surface area (Å²) in [6, 6.07) is 39.3. The smallest absolute Gasteiger partial charge is 0.397 e. The van der Waals surface area contributed by atoms with Crippen LogP contribution in [0.2, 0.25) is 0 Å². The quantitative estimate of drug-likeness (QED) is 0.200. The molecule has 0 bridgehead atoms. The lowest BCUT2D eigenvalue weighted by molar-refractivity contribution is -0.696. The molecule has 0 saturated heterocycles. The predicted octanol–water partition coefficient (Wildman–Crippen LogP) is 6.56. The number of carbonyl (C=O) groups is 1. The molecule has 2 heterocycles. The molecule has 4 nitrogen and oxygen atoms in total. The Balaban J connectivity index is 1.61. The number of hydrogen-bond acceptors (Lipinski definition) is 2. The zero-order valence-corrected chi connectivity index (χ0v) is 21.5. The maximum atomic E-state index is 13.1. The van der Waals surface area contributed by atoms with Gasteiger partial charge in [-0.25, -0.2) is 4.79 Å². The van der Waals surface area contributed by atoms with E-state index in [1.54, 1.807) is 10.6 Å². The topological polar surface area (TPSA) is 34.1 Å². The Hall–Kier alpha value is -4.83. The van der Waals surface area contributed by atoms with Crippen molar-refractivity contribution in [1.82, 2.24) is 0 Å². The summed E-state index contributed by atoms with van der Waals surface area (Å²) in [5.41, 5.74) is 7.08. The van der Waals surface area contributed by atoms with Crippen LogP contribution in [-0.2, 0) is 18.5 Å². The molecule has 4 aromatic carbocycles. The van der Waals surface area contributed by atoms with Gasteiger partial charge in [-0.2, -0.15) is 9.13 Å². The first-order valence-electron chi connectivity index (χ1n) is 12.7. The SMILES string of the molecule is Cc1ccc2ccccc2c1-c1cc(-c2ccccc2)c2ccccc2[n+]1COC(=O)c1cccc[n+]1C. The first kappa shape index (κ1) is 23.6. The largest absolute Gasteiger partial charge is 0.408 e. The molecule has 0 saturated carbocycles. The van der Waals surface area contributed by atoms with Crippen LogP contribution in [0.3, 0.4) is 0 Å². The number of aromatic nitrogens is 2. The molecule has 0 aliphatic carbocycles. The first-order valence-corrected chi connectivity index (χ1v) is 12.7. The number of ether oxygens (including phenoxy) is 1. The number of hydrogen-bond donors (Lipinski definition) is 0. The number of nitrogens with zero attached hydrogens (tertiary/aromatic N) is 2. The Labute approximate surface area is 222 Å². The first-order chi connectivity index (χ1) is 18.6. The van der Waals surface area contributed by atoms with E-state index in [9.17, 15) is 4.79 Å². The van der Waals surface area contributed by atoms with Crippen molar-refractivity contribution in [2.75, 3.05) is 0 Å². The molecule has 38 heavy (non-hydrogen) atoms. The molecule has 0 radical (unpaired) electrons. The number of carbonyl (C=O) groups excluding carboxylic acids is 1. The number of pyridine rings is 2. The van der Waals surface area contributed by atoms with Gasteiger partial charge in [-0.05, 0) is 41.0 Å². The lowest BCUT2D eigenvalue weighted by Crippen LogP contribution is -2.42. The van der Waals surface area contributed by atoms with E-state index in [1.807, 2.05) is 37.5 Å². The van der Waals surface area contributed by atoms with Gasteiger partial charge >= 0.3 is 5.97 Å². The fraction of sp³-hybridized carbons (Fsp3) is 0.0882. The summed E-state index contributed by atoms with van der Waals surface area (Å²) in [4.78, 5) is 13.1. The molecule has 0 fully saturated rings. The zero-order chi connectivity index (χ0) is 26.1. The van der Waals surface area contributed by atoms with Crippen LogP contribution >= 0.6 is 0 Å². The molecule has 2 aromatic heterocycles. The average Bonchev–Trinajstić information content (AvgIpc) is 2.96. The minimum atomic E-state index is -0.364. The number of esters is 1. The summed E-state index contributed by atoms with van der Waals surface area (Å²) >= 11 is 0. The van der Waals surface area contributed by atoms with Crippen molar-refractivity contribution < 1.29 is 18.7 Å². The summed E-state index contributed by atoms with van der Waals surface area (Å²) in [7, 11) is 1.85. The summed E-state index contributed by atoms with van der Waals surface area (Å²) in [5.74, 6) is -0.364. The van der Waals surface area contributed by atoms with E-state index in [-0.39, 0.29) is 12.7 Å². The van der Waals surface area contributed by atoms with Crippen molar-refractivity contribution in [3.63, 3.8) is 0 Å². The fourth-order valence-corrected chi connectivity index (χ4v) is 5.21. The fourth-order valence-electron chi connectivity index (χ4n) is 5.21. The van der Waals surface area contributed by atoms with Crippen LogP contribution in [0.25, 0.3) is 44.1 Å². The summed E-state index contributed by atoms with van der Waals surface area (Å²) in [5, 5.41) is 3.43. The molecule has 6 aromatic rings. The molecule has 0 spiro atoms. The summed E-state index contributed by atoms with van der Waals surface area (Å²) < 4.78 is 9.87. The van der Waals surface area contributed by atoms with Crippen molar-refractivity contribution in [1.29, 1.82) is 0 Å². The van der Waals surface area contributed by atoms with Crippen molar-refractivity contribution in [3.8, 4) is 22.4 Å². The van der Waals surface area contributed by atoms with E-state index in [0.29, 0.717) is 5.69 Å². The highest BCUT2D eigenvalue weighted by Crippen LogP contribution is 2.35. The van der Waals surface area contributed by atoms with Crippen LogP contribution in [0.4, 0.5) is 0 Å². The number of aryl methyl sites for hydroxylation is 2. The number of rotatable bonds is 5. The second-order valence-electron chi connectivity index (χ2n) is 9.49. The minimum Gasteiger partial charge on any atom is -0.397 e. The van der Waals surface area contributed by atoms with Gasteiger partial charge in [0.1, 0.15) is 7.05 Å². The highest BCUT2D eigenvalue weighted by Gasteiger charge is 2.27. The van der Waals surface area contributed by atoms with Gasteiger partial charge in [0.15, 0.2) is 6.20 Å². The number of fused-ring (bicyclic) bond motifs is 2. The van der Waals surface area contributed by atoms with Gasteiger partial charge in [0.05, 0.1) is 10.9 Å². The standard InChI is InChI=1S/C34H28N2O2/c1-24-19-20-26-14-6-7-15-27(26)33(24)32-22-29(25-12-4-3-5-13-25)28-16-8-9-17-30(28)36(32)23-38-34(37)31-18-10-11-21-35(31)2/h3-22H,23H2,1-2H3/q+2. The Morgan fingerprint density at radius 2 is 1.47 bits per heavy atom. The van der Waals surface area contributed by atoms with Gasteiger partial charge in [-0.3, -0.25) is 0 Å². The molecule has 6 rings (SSSR count). The van der Waals surface area contributed by atoms with Gasteiger partial charge in [0.25, 0.3) is 12.4 Å². The second-order valence-corrected chi connectivity index (χ2v) is 9.49. The third kappa shape index (κ3) is 4.20. The van der Waals surface area contributed by atoms with E-state index in [1.165, 1.54) is 5.39 Å². The molecule has 0 amide bonds. The van der Waals surface area contributed by atoms with Crippen molar-refractivity contribution in [2.24, 2.45) is 7.05 Å². The lowest BCUT2D eigenvalue weighted by atomic mass is 9.93. The molecule has 0 aliphatic heterocycles. The maximum absolute atomic E-state index is 13.1. The van der Waals surface area contributed by atoms with Gasteiger partial charge in [-0.1, -0.05) is 78.9 Å². The van der Waals surface area contributed by atoms with Crippen LogP contribution in [0.15, 0.2) is 121 Å². The van der Waals surface area contributed by atoms with Crippen LogP contribution in [0, 0.1) is 6.92 Å². The van der Waals surface area contributed by atoms with Crippen LogP contribution < -0.4 is 9.13 Å². The molecule has 0 N–H and O–H groups in total. The third-order valence-electron chi connectivity index (χ3n) is 7.12. The van der Waals surface area contributed by atoms with Gasteiger partial charge in [0, 0.05) is 29.8 Å². The molecule has 0 unspecified atom stereocenters. The Bertz CT molecular complexity index is 1810.